The normalized spacial score (nSPS) is 8.38. The number of aliphatic hydroxyl groups excluding tert-OH is 1. The Balaban J connectivity index is 3.23. The van der Waals surface area contributed by atoms with Crippen LogP contribution in [0.1, 0.15) is 39.0 Å². The summed E-state index contributed by atoms with van der Waals surface area (Å²) in [6.07, 6.45) is 4.30. The first kappa shape index (κ1) is 14.6. The molecule has 0 fully saturated rings. The molecule has 0 saturated heterocycles. The molecular formula is C13H18O3. The number of hydrogen-bond acceptors (Lipinski definition) is 3. The summed E-state index contributed by atoms with van der Waals surface area (Å²) in [6, 6.07) is 0. The monoisotopic (exact) mass is 222 g/mol. The van der Waals surface area contributed by atoms with E-state index in [1.807, 2.05) is 0 Å². The molecule has 0 aliphatic carbocycles. The van der Waals surface area contributed by atoms with Crippen molar-refractivity contribution in [3.63, 3.8) is 0 Å². The second-order valence-electron chi connectivity index (χ2n) is 3.19. The zero-order valence-electron chi connectivity index (χ0n) is 9.71. The Morgan fingerprint density at radius 2 is 1.88 bits per heavy atom. The summed E-state index contributed by atoms with van der Waals surface area (Å²) in [4.78, 5) is 10.4. The van der Waals surface area contributed by atoms with Crippen LogP contribution in [-0.2, 0) is 9.53 Å². The summed E-state index contributed by atoms with van der Waals surface area (Å²) < 4.78 is 4.80. The smallest absolute Gasteiger partial charge is 0.302 e. The first-order valence-electron chi connectivity index (χ1n) is 5.43. The summed E-state index contributed by atoms with van der Waals surface area (Å²) in [5.41, 5.74) is 0. The van der Waals surface area contributed by atoms with Gasteiger partial charge in [-0.25, -0.2) is 0 Å². The Kier molecular flexibility index (Phi) is 10.6. The quantitative estimate of drug-likeness (QED) is 0.435. The van der Waals surface area contributed by atoms with Crippen LogP contribution in [0.5, 0.6) is 0 Å². The van der Waals surface area contributed by atoms with E-state index in [1.165, 1.54) is 6.92 Å². The molecule has 1 N–H and O–H groups in total. The Labute approximate surface area is 97.2 Å². The SMILES string of the molecule is CC(=O)OCCCCCC#CCC#CCO. The summed E-state index contributed by atoms with van der Waals surface area (Å²) in [7, 11) is 0. The molecule has 0 amide bonds. The average Bonchev–Trinajstić information content (AvgIpc) is 2.25. The van der Waals surface area contributed by atoms with Crippen molar-refractivity contribution >= 4 is 5.97 Å². The highest BCUT2D eigenvalue weighted by atomic mass is 16.5. The molecule has 0 unspecified atom stereocenters. The maximum atomic E-state index is 10.4. The van der Waals surface area contributed by atoms with E-state index in [9.17, 15) is 4.79 Å². The van der Waals surface area contributed by atoms with E-state index < -0.39 is 0 Å². The second kappa shape index (κ2) is 11.6. The molecule has 0 aliphatic heterocycles. The number of hydrogen-bond donors (Lipinski definition) is 1. The van der Waals surface area contributed by atoms with Crippen molar-refractivity contribution < 1.29 is 14.6 Å². The van der Waals surface area contributed by atoms with Crippen LogP contribution in [0.3, 0.4) is 0 Å². The highest BCUT2D eigenvalue weighted by molar-refractivity contribution is 5.65. The second-order valence-corrected chi connectivity index (χ2v) is 3.19. The van der Waals surface area contributed by atoms with Crippen LogP contribution in [0.4, 0.5) is 0 Å². The van der Waals surface area contributed by atoms with E-state index in [1.54, 1.807) is 0 Å². The lowest BCUT2D eigenvalue weighted by molar-refractivity contribution is -0.141. The van der Waals surface area contributed by atoms with Gasteiger partial charge in [0.25, 0.3) is 0 Å². The molecule has 0 aromatic heterocycles. The molecule has 0 rings (SSSR count). The molecule has 16 heavy (non-hydrogen) atoms. The fourth-order valence-corrected chi connectivity index (χ4v) is 1.02. The van der Waals surface area contributed by atoms with Gasteiger partial charge >= 0.3 is 5.97 Å². The average molecular weight is 222 g/mol. The third kappa shape index (κ3) is 12.6. The lowest BCUT2D eigenvalue weighted by atomic mass is 10.2. The topological polar surface area (TPSA) is 46.5 Å². The van der Waals surface area contributed by atoms with Crippen LogP contribution in [0.2, 0.25) is 0 Å². The van der Waals surface area contributed by atoms with Crippen molar-refractivity contribution in [1.82, 2.24) is 0 Å². The van der Waals surface area contributed by atoms with Gasteiger partial charge in [0, 0.05) is 13.3 Å². The highest BCUT2D eigenvalue weighted by Gasteiger charge is 1.91. The molecule has 0 bridgehead atoms. The predicted octanol–water partition coefficient (Wildman–Crippen LogP) is 1.50. The predicted molar refractivity (Wildman–Crippen MR) is 62.4 cm³/mol. The summed E-state index contributed by atoms with van der Waals surface area (Å²) in [5.74, 6) is 11.0. The van der Waals surface area contributed by atoms with E-state index in [0.29, 0.717) is 13.0 Å². The zero-order chi connectivity index (χ0) is 12.1. The van der Waals surface area contributed by atoms with E-state index >= 15 is 0 Å². The minimum absolute atomic E-state index is 0.0994. The lowest BCUT2D eigenvalue weighted by Gasteiger charge is -1.99. The maximum Gasteiger partial charge on any atom is 0.302 e. The molecule has 3 nitrogen and oxygen atoms in total. The van der Waals surface area contributed by atoms with Crippen LogP contribution in [0.15, 0.2) is 0 Å². The lowest BCUT2D eigenvalue weighted by Crippen LogP contribution is -1.99. The van der Waals surface area contributed by atoms with E-state index in [-0.39, 0.29) is 12.6 Å². The van der Waals surface area contributed by atoms with Crippen molar-refractivity contribution in [1.29, 1.82) is 0 Å². The van der Waals surface area contributed by atoms with Crippen LogP contribution in [0, 0.1) is 23.7 Å². The minimum atomic E-state index is -0.220. The molecule has 0 spiro atoms. The zero-order valence-corrected chi connectivity index (χ0v) is 9.71. The Morgan fingerprint density at radius 1 is 1.12 bits per heavy atom. The van der Waals surface area contributed by atoms with E-state index in [0.717, 1.165) is 25.7 Å². The van der Waals surface area contributed by atoms with Crippen molar-refractivity contribution in [2.45, 2.75) is 39.0 Å². The van der Waals surface area contributed by atoms with Crippen molar-refractivity contribution in [3.05, 3.63) is 0 Å². The number of carbonyl (C=O) groups excluding carboxylic acids is 1. The molecule has 88 valence electrons. The molecule has 0 atom stereocenters. The first-order chi connectivity index (χ1) is 7.77. The van der Waals surface area contributed by atoms with E-state index in [4.69, 9.17) is 9.84 Å². The van der Waals surface area contributed by atoms with Crippen molar-refractivity contribution in [2.24, 2.45) is 0 Å². The molecule has 0 aromatic carbocycles. The molecule has 0 heterocycles. The van der Waals surface area contributed by atoms with Crippen molar-refractivity contribution in [3.8, 4) is 23.7 Å². The molecular weight excluding hydrogens is 204 g/mol. The van der Waals surface area contributed by atoms with Crippen LogP contribution in [0.25, 0.3) is 0 Å². The molecule has 0 aliphatic rings. The number of esters is 1. The molecule has 0 saturated carbocycles. The first-order valence-corrected chi connectivity index (χ1v) is 5.43. The summed E-state index contributed by atoms with van der Waals surface area (Å²) in [5, 5.41) is 8.37. The number of aliphatic hydroxyl groups is 1. The van der Waals surface area contributed by atoms with Gasteiger partial charge in [0.2, 0.25) is 0 Å². The Hall–Kier alpha value is -1.45. The van der Waals surface area contributed by atoms with Gasteiger partial charge in [0.1, 0.15) is 6.61 Å². The third-order valence-electron chi connectivity index (χ3n) is 1.76. The van der Waals surface area contributed by atoms with Gasteiger partial charge in [-0.05, 0) is 19.3 Å². The number of ether oxygens (including phenoxy) is 1. The highest BCUT2D eigenvalue weighted by Crippen LogP contribution is 1.99. The maximum absolute atomic E-state index is 10.4. The molecule has 0 radical (unpaired) electrons. The number of rotatable bonds is 5. The fourth-order valence-electron chi connectivity index (χ4n) is 1.02. The van der Waals surface area contributed by atoms with Gasteiger partial charge in [-0.15, -0.1) is 5.92 Å². The van der Waals surface area contributed by atoms with Gasteiger partial charge in [0.15, 0.2) is 0 Å². The Morgan fingerprint density at radius 3 is 2.56 bits per heavy atom. The van der Waals surface area contributed by atoms with Gasteiger partial charge in [-0.2, -0.15) is 0 Å². The standard InChI is InChI=1S/C13H18O3/c1-13(15)16-12-10-8-6-4-2-3-5-7-9-11-14/h14H,4-6,8,10-12H2,1H3. The van der Waals surface area contributed by atoms with Crippen LogP contribution in [-0.4, -0.2) is 24.3 Å². The van der Waals surface area contributed by atoms with Crippen molar-refractivity contribution in [2.75, 3.05) is 13.2 Å². The van der Waals surface area contributed by atoms with Gasteiger partial charge in [0.05, 0.1) is 13.0 Å². The minimum Gasteiger partial charge on any atom is -0.466 e. The molecule has 0 aromatic rings. The third-order valence-corrected chi connectivity index (χ3v) is 1.76. The summed E-state index contributed by atoms with van der Waals surface area (Å²) >= 11 is 0. The number of unbranched alkanes of at least 4 members (excludes halogenated alkanes) is 3. The molecule has 3 heteroatoms. The largest absolute Gasteiger partial charge is 0.466 e. The van der Waals surface area contributed by atoms with Gasteiger partial charge in [-0.1, -0.05) is 17.8 Å². The summed E-state index contributed by atoms with van der Waals surface area (Å²) in [6.45, 7) is 1.82. The van der Waals surface area contributed by atoms with Gasteiger partial charge < -0.3 is 9.84 Å². The van der Waals surface area contributed by atoms with Crippen LogP contribution >= 0.6 is 0 Å². The number of carbonyl (C=O) groups is 1. The van der Waals surface area contributed by atoms with Crippen LogP contribution < -0.4 is 0 Å². The van der Waals surface area contributed by atoms with Gasteiger partial charge in [-0.3, -0.25) is 4.79 Å². The van der Waals surface area contributed by atoms with E-state index in [2.05, 4.69) is 23.7 Å². The fraction of sp³-hybridized carbons (Fsp3) is 0.615. The Bertz CT molecular complexity index is 299.